The van der Waals surface area contributed by atoms with E-state index in [0.717, 1.165) is 12.8 Å². The van der Waals surface area contributed by atoms with Crippen molar-refractivity contribution < 1.29 is 19.2 Å². The Morgan fingerprint density at radius 2 is 1.56 bits per heavy atom. The Bertz CT molecular complexity index is 932. The topological polar surface area (TPSA) is 83.6 Å². The number of nitrogens with zero attached hydrogens (tertiary/aromatic N) is 1. The lowest BCUT2D eigenvalue weighted by atomic mass is 10.1. The van der Waals surface area contributed by atoms with Gasteiger partial charge < -0.3 is 5.32 Å². The molecule has 6 heteroatoms. The number of anilines is 1. The molecule has 2 aromatic carbocycles. The maximum absolute atomic E-state index is 12.5. The summed E-state index contributed by atoms with van der Waals surface area (Å²) in [7, 11) is 0. The van der Waals surface area contributed by atoms with Crippen molar-refractivity contribution in [2.24, 2.45) is 0 Å². The third-order valence-corrected chi connectivity index (χ3v) is 4.52. The molecule has 138 valence electrons. The molecular formula is C21H20N2O4. The number of hydrogen-bond donors (Lipinski definition) is 1. The molecule has 0 radical (unpaired) electrons. The number of nitrogens with one attached hydrogen (secondary N) is 1. The van der Waals surface area contributed by atoms with E-state index in [1.807, 2.05) is 6.92 Å². The Hall–Kier alpha value is -3.28. The number of unbranched alkanes of at least 4 members (excludes halogenated alkanes) is 1. The molecule has 6 nitrogen and oxygen atoms in total. The van der Waals surface area contributed by atoms with Crippen molar-refractivity contribution in [1.29, 1.82) is 0 Å². The summed E-state index contributed by atoms with van der Waals surface area (Å²) < 4.78 is 0. The maximum atomic E-state index is 12.5. The lowest BCUT2D eigenvalue weighted by Gasteiger charge is -2.12. The quantitative estimate of drug-likeness (QED) is 0.628. The number of fused-ring (bicyclic) bond motifs is 1. The van der Waals surface area contributed by atoms with Crippen LogP contribution in [0.25, 0.3) is 0 Å². The molecule has 0 atom stereocenters. The Balaban J connectivity index is 1.78. The second-order valence-electron chi connectivity index (χ2n) is 6.46. The fourth-order valence-corrected chi connectivity index (χ4v) is 2.94. The average Bonchev–Trinajstić information content (AvgIpc) is 2.90. The van der Waals surface area contributed by atoms with Crippen molar-refractivity contribution >= 4 is 29.2 Å². The molecular weight excluding hydrogens is 344 g/mol. The van der Waals surface area contributed by atoms with Gasteiger partial charge in [0.25, 0.3) is 17.7 Å². The fraction of sp³-hybridized carbons (Fsp3) is 0.238. The van der Waals surface area contributed by atoms with Gasteiger partial charge in [0.2, 0.25) is 0 Å². The molecule has 0 aliphatic carbocycles. The van der Waals surface area contributed by atoms with Crippen molar-refractivity contribution in [3.8, 4) is 0 Å². The summed E-state index contributed by atoms with van der Waals surface area (Å²) >= 11 is 0. The van der Waals surface area contributed by atoms with E-state index in [0.29, 0.717) is 28.9 Å². The highest BCUT2D eigenvalue weighted by molar-refractivity contribution is 6.22. The lowest BCUT2D eigenvalue weighted by Crippen LogP contribution is -2.30. The number of amides is 3. The smallest absolute Gasteiger partial charge is 0.261 e. The summed E-state index contributed by atoms with van der Waals surface area (Å²) in [6.45, 7) is 3.84. The van der Waals surface area contributed by atoms with Crippen LogP contribution in [0.15, 0.2) is 42.5 Å². The van der Waals surface area contributed by atoms with Crippen molar-refractivity contribution in [3.05, 3.63) is 64.7 Å². The molecule has 27 heavy (non-hydrogen) atoms. The van der Waals surface area contributed by atoms with Crippen LogP contribution in [0.2, 0.25) is 0 Å². The van der Waals surface area contributed by atoms with Crippen LogP contribution in [0.4, 0.5) is 5.69 Å². The van der Waals surface area contributed by atoms with Gasteiger partial charge in [0, 0.05) is 23.4 Å². The Morgan fingerprint density at radius 1 is 0.926 bits per heavy atom. The van der Waals surface area contributed by atoms with E-state index in [-0.39, 0.29) is 29.1 Å². The number of hydrogen-bond acceptors (Lipinski definition) is 4. The molecule has 0 spiro atoms. The molecule has 1 aliphatic rings. The third-order valence-electron chi connectivity index (χ3n) is 4.52. The summed E-state index contributed by atoms with van der Waals surface area (Å²) in [4.78, 5) is 49.9. The summed E-state index contributed by atoms with van der Waals surface area (Å²) in [5.74, 6) is -1.11. The first-order valence-electron chi connectivity index (χ1n) is 8.85. The van der Waals surface area contributed by atoms with Crippen LogP contribution in [0.1, 0.15) is 68.1 Å². The molecule has 0 bridgehead atoms. The van der Waals surface area contributed by atoms with Gasteiger partial charge in [-0.25, -0.2) is 0 Å². The Morgan fingerprint density at radius 3 is 2.19 bits per heavy atom. The SMILES string of the molecule is CCCCN1C(=O)c2ccc(C(=O)Nc3ccc(C(C)=O)cc3)cc2C1=O. The van der Waals surface area contributed by atoms with Gasteiger partial charge in [-0.05, 0) is 55.8 Å². The van der Waals surface area contributed by atoms with Gasteiger partial charge in [0.1, 0.15) is 0 Å². The maximum Gasteiger partial charge on any atom is 0.261 e. The molecule has 2 aromatic rings. The molecule has 0 saturated heterocycles. The van der Waals surface area contributed by atoms with Crippen LogP contribution in [0.5, 0.6) is 0 Å². The number of rotatable bonds is 6. The van der Waals surface area contributed by atoms with Crippen molar-refractivity contribution in [1.82, 2.24) is 4.90 Å². The summed E-state index contributed by atoms with van der Waals surface area (Å²) in [6.07, 6.45) is 1.62. The lowest BCUT2D eigenvalue weighted by molar-refractivity contribution is 0.0652. The van der Waals surface area contributed by atoms with Crippen LogP contribution in [-0.2, 0) is 0 Å². The minimum Gasteiger partial charge on any atom is -0.322 e. The highest BCUT2D eigenvalue weighted by Crippen LogP contribution is 2.25. The van der Waals surface area contributed by atoms with E-state index < -0.39 is 0 Å². The van der Waals surface area contributed by atoms with Crippen molar-refractivity contribution in [2.45, 2.75) is 26.7 Å². The van der Waals surface area contributed by atoms with Crippen LogP contribution in [0, 0.1) is 0 Å². The first kappa shape index (κ1) is 18.5. The van der Waals surface area contributed by atoms with E-state index in [1.165, 1.54) is 30.0 Å². The first-order chi connectivity index (χ1) is 12.9. The molecule has 1 N–H and O–H groups in total. The van der Waals surface area contributed by atoms with E-state index in [4.69, 9.17) is 0 Å². The van der Waals surface area contributed by atoms with Crippen molar-refractivity contribution in [2.75, 3.05) is 11.9 Å². The van der Waals surface area contributed by atoms with Crippen LogP contribution in [0.3, 0.4) is 0 Å². The average molecular weight is 364 g/mol. The monoisotopic (exact) mass is 364 g/mol. The fourth-order valence-electron chi connectivity index (χ4n) is 2.94. The predicted molar refractivity (Wildman–Crippen MR) is 101 cm³/mol. The molecule has 3 rings (SSSR count). The summed E-state index contributed by atoms with van der Waals surface area (Å²) in [5.41, 5.74) is 1.98. The van der Waals surface area contributed by atoms with E-state index in [1.54, 1.807) is 24.3 Å². The van der Waals surface area contributed by atoms with Gasteiger partial charge >= 0.3 is 0 Å². The largest absolute Gasteiger partial charge is 0.322 e. The molecule has 0 saturated carbocycles. The summed E-state index contributed by atoms with van der Waals surface area (Å²) in [6, 6.07) is 11.1. The molecule has 1 heterocycles. The zero-order valence-corrected chi connectivity index (χ0v) is 15.2. The number of carbonyl (C=O) groups is 4. The molecule has 0 fully saturated rings. The number of Topliss-reactive ketones (excluding diaryl/α,β-unsaturated/α-hetero) is 1. The zero-order chi connectivity index (χ0) is 19.6. The zero-order valence-electron chi connectivity index (χ0n) is 15.2. The number of carbonyl (C=O) groups excluding carboxylic acids is 4. The molecule has 0 aromatic heterocycles. The van der Waals surface area contributed by atoms with Crippen molar-refractivity contribution in [3.63, 3.8) is 0 Å². The number of benzene rings is 2. The van der Waals surface area contributed by atoms with Gasteiger partial charge in [-0.1, -0.05) is 13.3 Å². The van der Waals surface area contributed by atoms with Gasteiger partial charge in [-0.2, -0.15) is 0 Å². The predicted octanol–water partition coefficient (Wildman–Crippen LogP) is 3.54. The van der Waals surface area contributed by atoms with Gasteiger partial charge in [0.05, 0.1) is 11.1 Å². The minimum atomic E-state index is -0.388. The second kappa shape index (κ2) is 7.53. The highest BCUT2D eigenvalue weighted by atomic mass is 16.2. The Kier molecular flexibility index (Phi) is 5.16. The molecule has 0 unspecified atom stereocenters. The minimum absolute atomic E-state index is 0.0534. The first-order valence-corrected chi connectivity index (χ1v) is 8.85. The standard InChI is InChI=1S/C21H20N2O4/c1-3-4-11-23-20(26)17-10-7-15(12-18(17)21(23)27)19(25)22-16-8-5-14(6-9-16)13(2)24/h5-10,12H,3-4,11H2,1-2H3,(H,22,25). The molecule has 3 amide bonds. The van der Waals surface area contributed by atoms with Gasteiger partial charge in [-0.3, -0.25) is 24.1 Å². The van der Waals surface area contributed by atoms with Crippen LogP contribution < -0.4 is 5.32 Å². The van der Waals surface area contributed by atoms with Gasteiger partial charge in [0.15, 0.2) is 5.78 Å². The van der Waals surface area contributed by atoms with Crippen LogP contribution in [-0.4, -0.2) is 34.9 Å². The number of imide groups is 1. The van der Waals surface area contributed by atoms with E-state index in [2.05, 4.69) is 5.32 Å². The third kappa shape index (κ3) is 3.65. The molecule has 1 aliphatic heterocycles. The highest BCUT2D eigenvalue weighted by Gasteiger charge is 2.35. The number of ketones is 1. The van der Waals surface area contributed by atoms with Crippen LogP contribution >= 0.6 is 0 Å². The normalized spacial score (nSPS) is 12.9. The van der Waals surface area contributed by atoms with Gasteiger partial charge in [-0.15, -0.1) is 0 Å². The second-order valence-corrected chi connectivity index (χ2v) is 6.46. The van der Waals surface area contributed by atoms with E-state index >= 15 is 0 Å². The van der Waals surface area contributed by atoms with E-state index in [9.17, 15) is 19.2 Å². The Labute approximate surface area is 157 Å². The summed E-state index contributed by atoms with van der Waals surface area (Å²) in [5, 5.41) is 2.73.